The van der Waals surface area contributed by atoms with Crippen LogP contribution < -0.4 is 20.1 Å². The Bertz CT molecular complexity index is 1720. The number of carbonyl (C=O) groups excluding carboxylic acids is 5. The van der Waals surface area contributed by atoms with Crippen molar-refractivity contribution in [2.24, 2.45) is 5.92 Å². The Hall–Kier alpha value is -5.14. The first-order valence-corrected chi connectivity index (χ1v) is 16.6. The maximum absolute atomic E-state index is 14.2. The summed E-state index contributed by atoms with van der Waals surface area (Å²) in [5, 5.41) is 6.01. The minimum absolute atomic E-state index is 0.00945. The van der Waals surface area contributed by atoms with Crippen molar-refractivity contribution in [2.45, 2.75) is 82.2 Å². The fourth-order valence-electron chi connectivity index (χ4n) is 6.77. The molecule has 3 aliphatic rings. The van der Waals surface area contributed by atoms with Crippen molar-refractivity contribution in [3.05, 3.63) is 54.3 Å². The van der Waals surface area contributed by atoms with E-state index in [1.54, 1.807) is 25.1 Å². The molecule has 1 aromatic heterocycles. The van der Waals surface area contributed by atoms with Crippen molar-refractivity contribution >= 4 is 40.7 Å². The van der Waals surface area contributed by atoms with Crippen molar-refractivity contribution in [3.63, 3.8) is 0 Å². The van der Waals surface area contributed by atoms with Crippen LogP contribution in [0, 0.1) is 12.8 Å². The van der Waals surface area contributed by atoms with E-state index in [0.717, 1.165) is 31.2 Å². The molecule has 50 heavy (non-hydrogen) atoms. The standard InChI is InChI=1S/C36H44N4O10/c1-8-21-17-36(21,34(44)48-7)39-31(41)27-14-23(18-40(27)32(42)30(19(2)3)38-35(45)50-22-11-9-10-12-22)49-29-16-26(33(43)47-6)37-25-15-28(46-5)20(4)13-24(25)29/h8,13,15-16,21-23,27,30H,1-2,9-12,14,17-18H2,3-7H3,(H,38,45)(H,39,41)/t21-,23-,27+,30+,36-/m1/s1. The van der Waals surface area contributed by atoms with Crippen LogP contribution in [0.3, 0.4) is 0 Å². The smallest absolute Gasteiger partial charge is 0.408 e. The zero-order valence-corrected chi connectivity index (χ0v) is 29.0. The van der Waals surface area contributed by atoms with Gasteiger partial charge in [0.2, 0.25) is 11.8 Å². The Kier molecular flexibility index (Phi) is 10.7. The maximum atomic E-state index is 14.2. The molecule has 2 heterocycles. The summed E-state index contributed by atoms with van der Waals surface area (Å²) < 4.78 is 27.4. The van der Waals surface area contributed by atoms with Crippen molar-refractivity contribution in [2.75, 3.05) is 27.9 Å². The third-order valence-corrected chi connectivity index (χ3v) is 9.60. The molecule has 14 nitrogen and oxygen atoms in total. The minimum atomic E-state index is -1.31. The first kappa shape index (κ1) is 36.1. The second kappa shape index (κ2) is 14.8. The van der Waals surface area contributed by atoms with E-state index < -0.39 is 53.6 Å². The van der Waals surface area contributed by atoms with E-state index >= 15 is 0 Å². The molecular formula is C36H44N4O10. The molecule has 3 amide bonds. The summed E-state index contributed by atoms with van der Waals surface area (Å²) in [5.74, 6) is -2.06. The van der Waals surface area contributed by atoms with Crippen LogP contribution in [-0.4, -0.2) is 97.4 Å². The lowest BCUT2D eigenvalue weighted by Gasteiger charge is -2.29. The third-order valence-electron chi connectivity index (χ3n) is 9.60. The number of likely N-dealkylation sites (tertiary alicyclic amines) is 1. The molecule has 1 aliphatic heterocycles. The minimum Gasteiger partial charge on any atom is -0.496 e. The van der Waals surface area contributed by atoms with E-state index in [1.165, 1.54) is 32.3 Å². The molecule has 2 N–H and O–H groups in total. The Balaban J connectivity index is 1.47. The molecular weight excluding hydrogens is 648 g/mol. The number of nitrogens with zero attached hydrogens (tertiary/aromatic N) is 2. The third kappa shape index (κ3) is 7.24. The highest BCUT2D eigenvalue weighted by molar-refractivity contribution is 5.98. The van der Waals surface area contributed by atoms with E-state index in [-0.39, 0.29) is 36.4 Å². The van der Waals surface area contributed by atoms with E-state index in [1.807, 2.05) is 6.92 Å². The molecule has 3 fully saturated rings. The Morgan fingerprint density at radius 2 is 1.76 bits per heavy atom. The van der Waals surface area contributed by atoms with Gasteiger partial charge < -0.3 is 39.2 Å². The van der Waals surface area contributed by atoms with Crippen LogP contribution in [0.1, 0.15) is 61.5 Å². The highest BCUT2D eigenvalue weighted by Gasteiger charge is 2.62. The number of esters is 2. The summed E-state index contributed by atoms with van der Waals surface area (Å²) in [7, 11) is 3.99. The maximum Gasteiger partial charge on any atom is 0.408 e. The van der Waals surface area contributed by atoms with Gasteiger partial charge in [0, 0.05) is 29.9 Å². The van der Waals surface area contributed by atoms with E-state index in [0.29, 0.717) is 28.6 Å². The number of carbonyl (C=O) groups is 5. The number of benzene rings is 1. The van der Waals surface area contributed by atoms with Gasteiger partial charge in [-0.1, -0.05) is 12.7 Å². The number of hydrogen-bond acceptors (Lipinski definition) is 11. The first-order valence-electron chi connectivity index (χ1n) is 16.6. The average molecular weight is 693 g/mol. The van der Waals surface area contributed by atoms with Crippen molar-refractivity contribution < 1.29 is 47.7 Å². The second-order valence-corrected chi connectivity index (χ2v) is 13.1. The van der Waals surface area contributed by atoms with Gasteiger partial charge in [-0.05, 0) is 63.2 Å². The quantitative estimate of drug-likeness (QED) is 0.189. The molecule has 2 aromatic rings. The Morgan fingerprint density at radius 3 is 2.36 bits per heavy atom. The number of hydrogen-bond donors (Lipinski definition) is 2. The normalized spacial score (nSPS) is 23.4. The molecule has 1 aromatic carbocycles. The van der Waals surface area contributed by atoms with Gasteiger partial charge in [0.1, 0.15) is 41.3 Å². The van der Waals surface area contributed by atoms with E-state index in [2.05, 4.69) is 28.8 Å². The van der Waals surface area contributed by atoms with Crippen LogP contribution in [-0.2, 0) is 28.6 Å². The highest BCUT2D eigenvalue weighted by atomic mass is 16.6. The number of fused-ring (bicyclic) bond motifs is 1. The van der Waals surface area contributed by atoms with Gasteiger partial charge in [-0.25, -0.2) is 19.4 Å². The summed E-state index contributed by atoms with van der Waals surface area (Å²) in [6, 6.07) is 2.60. The second-order valence-electron chi connectivity index (χ2n) is 13.1. The lowest BCUT2D eigenvalue weighted by molar-refractivity contribution is -0.148. The number of aromatic nitrogens is 1. The number of nitrogens with one attached hydrogen (secondary N) is 2. The fourth-order valence-corrected chi connectivity index (χ4v) is 6.77. The lowest BCUT2D eigenvalue weighted by Crippen LogP contribution is -2.56. The Labute approximate surface area is 290 Å². The number of aryl methyl sites for hydroxylation is 1. The van der Waals surface area contributed by atoms with Gasteiger partial charge in [-0.2, -0.15) is 0 Å². The van der Waals surface area contributed by atoms with Crippen LogP contribution in [0.15, 0.2) is 43.0 Å². The van der Waals surface area contributed by atoms with Gasteiger partial charge in [-0.3, -0.25) is 9.59 Å². The number of amides is 3. The number of pyridine rings is 1. The van der Waals surface area contributed by atoms with Crippen LogP contribution in [0.5, 0.6) is 11.5 Å². The number of rotatable bonds is 12. The Morgan fingerprint density at radius 1 is 1.04 bits per heavy atom. The summed E-state index contributed by atoms with van der Waals surface area (Å²) in [4.78, 5) is 72.3. The predicted molar refractivity (Wildman–Crippen MR) is 181 cm³/mol. The molecule has 14 heteroatoms. The molecule has 0 spiro atoms. The monoisotopic (exact) mass is 692 g/mol. The molecule has 0 radical (unpaired) electrons. The lowest BCUT2D eigenvalue weighted by atomic mass is 10.1. The van der Waals surface area contributed by atoms with Crippen molar-refractivity contribution in [1.29, 1.82) is 0 Å². The van der Waals surface area contributed by atoms with E-state index in [4.69, 9.17) is 23.7 Å². The number of ether oxygens (including phenoxy) is 5. The molecule has 5 rings (SSSR count). The van der Waals surface area contributed by atoms with Gasteiger partial charge in [0.15, 0.2) is 5.69 Å². The molecule has 5 atom stereocenters. The average Bonchev–Trinajstić information content (AvgIpc) is 3.36. The molecule has 268 valence electrons. The van der Waals surface area contributed by atoms with Crippen LogP contribution in [0.4, 0.5) is 4.79 Å². The predicted octanol–water partition coefficient (Wildman–Crippen LogP) is 3.53. The molecule has 1 saturated heterocycles. The van der Waals surface area contributed by atoms with Crippen molar-refractivity contribution in [1.82, 2.24) is 20.5 Å². The summed E-state index contributed by atoms with van der Waals surface area (Å²) in [6.07, 6.45) is 3.50. The summed E-state index contributed by atoms with van der Waals surface area (Å²) >= 11 is 0. The SMILES string of the molecule is C=C[C@@H]1C[C@]1(NC(=O)[C@@H]1C[C@@H](Oc2cc(C(=O)OC)nc3cc(OC)c(C)cc23)CN1C(=O)[C@@H](NC(=O)OC1CCCC1)C(=C)C)C(=O)OC. The van der Waals surface area contributed by atoms with Gasteiger partial charge >= 0.3 is 18.0 Å². The van der Waals surface area contributed by atoms with Crippen LogP contribution in [0.2, 0.25) is 0 Å². The summed E-state index contributed by atoms with van der Waals surface area (Å²) in [5.41, 5.74) is 0.187. The summed E-state index contributed by atoms with van der Waals surface area (Å²) in [6.45, 7) is 11.0. The molecule has 0 bridgehead atoms. The number of methoxy groups -OCH3 is 3. The highest BCUT2D eigenvalue weighted by Crippen LogP contribution is 2.45. The zero-order valence-electron chi connectivity index (χ0n) is 29.0. The molecule has 2 saturated carbocycles. The van der Waals surface area contributed by atoms with Gasteiger partial charge in [0.25, 0.3) is 0 Å². The van der Waals surface area contributed by atoms with Crippen molar-refractivity contribution in [3.8, 4) is 11.5 Å². The van der Waals surface area contributed by atoms with Crippen LogP contribution in [0.25, 0.3) is 10.9 Å². The number of alkyl carbamates (subject to hydrolysis) is 1. The van der Waals surface area contributed by atoms with Gasteiger partial charge in [0.05, 0.1) is 33.4 Å². The molecule has 2 aliphatic carbocycles. The largest absolute Gasteiger partial charge is 0.496 e. The fraction of sp³-hybridized carbons (Fsp3) is 0.500. The van der Waals surface area contributed by atoms with Gasteiger partial charge in [-0.15, -0.1) is 6.58 Å². The first-order chi connectivity index (χ1) is 23.8. The zero-order chi connectivity index (χ0) is 36.3. The van der Waals surface area contributed by atoms with Crippen LogP contribution >= 0.6 is 0 Å². The molecule has 0 unspecified atom stereocenters. The topological polar surface area (TPSA) is 172 Å². The van der Waals surface area contributed by atoms with E-state index in [9.17, 15) is 24.0 Å².